The Balaban J connectivity index is 2.49. The first-order valence-electron chi connectivity index (χ1n) is 6.57. The number of hydrogen-bond donors (Lipinski definition) is 1. The lowest BCUT2D eigenvalue weighted by Gasteiger charge is -2.21. The average molecular weight is 253 g/mol. The highest BCUT2D eigenvalue weighted by molar-refractivity contribution is 5.68. The van der Waals surface area contributed by atoms with Crippen molar-refractivity contribution < 1.29 is 14.6 Å². The predicted octanol–water partition coefficient (Wildman–Crippen LogP) is 2.49. The third-order valence-corrected chi connectivity index (χ3v) is 3.12. The first-order chi connectivity index (χ1) is 8.69. The Bertz CT molecular complexity index is 306. The number of aliphatic hydroxyl groups is 1. The lowest BCUT2D eigenvalue weighted by molar-refractivity contribution is 0.0879. The molecule has 0 bridgehead atoms. The van der Waals surface area contributed by atoms with E-state index in [2.05, 4.69) is 6.58 Å². The van der Waals surface area contributed by atoms with Crippen LogP contribution in [0.3, 0.4) is 0 Å². The van der Waals surface area contributed by atoms with Crippen LogP contribution in [0.15, 0.2) is 24.3 Å². The molecule has 1 aliphatic rings. The minimum Gasteiger partial charge on any atom is -0.442 e. The van der Waals surface area contributed by atoms with Crippen molar-refractivity contribution in [2.45, 2.75) is 38.7 Å². The molecule has 1 heterocycles. The van der Waals surface area contributed by atoms with Crippen molar-refractivity contribution in [1.82, 2.24) is 4.90 Å². The van der Waals surface area contributed by atoms with Crippen LogP contribution in [0.5, 0.6) is 0 Å². The Morgan fingerprint density at radius 2 is 2.17 bits per heavy atom. The quantitative estimate of drug-likeness (QED) is 0.740. The first kappa shape index (κ1) is 14.8. The molecule has 18 heavy (non-hydrogen) atoms. The summed E-state index contributed by atoms with van der Waals surface area (Å²) in [5.41, 5.74) is 0.992. The summed E-state index contributed by atoms with van der Waals surface area (Å²) in [7, 11) is 0. The number of carbonyl (C=O) groups is 1. The SMILES string of the molecule is C=C/C=C(\CCCO)C(C)OC(=O)N1CCCC1. The van der Waals surface area contributed by atoms with Gasteiger partial charge in [-0.05, 0) is 38.2 Å². The molecule has 1 N–H and O–H groups in total. The van der Waals surface area contributed by atoms with Gasteiger partial charge >= 0.3 is 6.09 Å². The summed E-state index contributed by atoms with van der Waals surface area (Å²) in [5, 5.41) is 8.85. The Kier molecular flexibility index (Phi) is 6.50. The van der Waals surface area contributed by atoms with E-state index in [4.69, 9.17) is 9.84 Å². The molecule has 0 spiro atoms. The van der Waals surface area contributed by atoms with E-state index in [1.807, 2.05) is 13.0 Å². The number of allylic oxidation sites excluding steroid dienone is 2. The van der Waals surface area contributed by atoms with Gasteiger partial charge in [-0.1, -0.05) is 18.7 Å². The Morgan fingerprint density at radius 1 is 1.50 bits per heavy atom. The van der Waals surface area contributed by atoms with Gasteiger partial charge < -0.3 is 14.7 Å². The van der Waals surface area contributed by atoms with Gasteiger partial charge in [0.25, 0.3) is 0 Å². The second-order valence-corrected chi connectivity index (χ2v) is 4.52. The highest BCUT2D eigenvalue weighted by Crippen LogP contribution is 2.16. The molecule has 0 aliphatic carbocycles. The second-order valence-electron chi connectivity index (χ2n) is 4.52. The summed E-state index contributed by atoms with van der Waals surface area (Å²) in [6.07, 6.45) is 6.56. The predicted molar refractivity (Wildman–Crippen MR) is 71.3 cm³/mol. The topological polar surface area (TPSA) is 49.8 Å². The van der Waals surface area contributed by atoms with Crippen LogP contribution < -0.4 is 0 Å². The molecule has 4 nitrogen and oxygen atoms in total. The van der Waals surface area contributed by atoms with Crippen LogP contribution in [0.4, 0.5) is 4.79 Å². The lowest BCUT2D eigenvalue weighted by Crippen LogP contribution is -2.31. The van der Waals surface area contributed by atoms with E-state index >= 15 is 0 Å². The molecule has 1 rings (SSSR count). The zero-order valence-corrected chi connectivity index (χ0v) is 11.1. The van der Waals surface area contributed by atoms with Crippen molar-refractivity contribution in [3.8, 4) is 0 Å². The van der Waals surface area contributed by atoms with E-state index < -0.39 is 0 Å². The molecule has 0 aromatic carbocycles. The molecular weight excluding hydrogens is 230 g/mol. The van der Waals surface area contributed by atoms with Crippen molar-refractivity contribution >= 4 is 6.09 Å². The molecule has 0 saturated carbocycles. The van der Waals surface area contributed by atoms with Gasteiger partial charge in [-0.2, -0.15) is 0 Å². The molecule has 102 valence electrons. The molecule has 1 saturated heterocycles. The highest BCUT2D eigenvalue weighted by atomic mass is 16.6. The minimum atomic E-state index is -0.261. The van der Waals surface area contributed by atoms with Crippen LogP contribution in [-0.4, -0.2) is 41.9 Å². The standard InChI is InChI=1S/C14H23NO3/c1-3-7-13(8-6-11-16)12(2)18-14(17)15-9-4-5-10-15/h3,7,12,16H,1,4-6,8-11H2,2H3/b13-7+. The zero-order valence-electron chi connectivity index (χ0n) is 11.1. The zero-order chi connectivity index (χ0) is 13.4. The fraction of sp³-hybridized carbons (Fsp3) is 0.643. The fourth-order valence-electron chi connectivity index (χ4n) is 2.06. The molecule has 1 aliphatic heterocycles. The van der Waals surface area contributed by atoms with Gasteiger partial charge in [0.2, 0.25) is 0 Å². The molecule has 4 heteroatoms. The number of ether oxygens (including phenoxy) is 1. The molecule has 1 fully saturated rings. The summed E-state index contributed by atoms with van der Waals surface area (Å²) >= 11 is 0. The molecular formula is C14H23NO3. The van der Waals surface area contributed by atoms with Crippen molar-refractivity contribution in [1.29, 1.82) is 0 Å². The third-order valence-electron chi connectivity index (χ3n) is 3.12. The smallest absolute Gasteiger partial charge is 0.410 e. The Morgan fingerprint density at radius 3 is 2.72 bits per heavy atom. The van der Waals surface area contributed by atoms with Gasteiger partial charge in [-0.15, -0.1) is 0 Å². The van der Waals surface area contributed by atoms with Gasteiger partial charge in [-0.3, -0.25) is 0 Å². The number of nitrogens with zero attached hydrogens (tertiary/aromatic N) is 1. The van der Waals surface area contributed by atoms with Gasteiger partial charge in [0.15, 0.2) is 0 Å². The van der Waals surface area contributed by atoms with Crippen LogP contribution >= 0.6 is 0 Å². The van der Waals surface area contributed by atoms with Crippen molar-refractivity contribution in [2.24, 2.45) is 0 Å². The van der Waals surface area contributed by atoms with E-state index in [-0.39, 0.29) is 18.8 Å². The normalized spacial score (nSPS) is 17.7. The van der Waals surface area contributed by atoms with Crippen molar-refractivity contribution in [2.75, 3.05) is 19.7 Å². The van der Waals surface area contributed by atoms with Crippen molar-refractivity contribution in [3.63, 3.8) is 0 Å². The maximum atomic E-state index is 11.8. The third kappa shape index (κ3) is 4.53. The molecule has 1 atom stereocenters. The van der Waals surface area contributed by atoms with Crippen LogP contribution in [-0.2, 0) is 4.74 Å². The van der Waals surface area contributed by atoms with Gasteiger partial charge in [0.1, 0.15) is 6.10 Å². The lowest BCUT2D eigenvalue weighted by atomic mass is 10.1. The monoisotopic (exact) mass is 253 g/mol. The average Bonchev–Trinajstić information content (AvgIpc) is 2.88. The molecule has 0 aromatic rings. The van der Waals surface area contributed by atoms with E-state index in [9.17, 15) is 4.79 Å². The summed E-state index contributed by atoms with van der Waals surface area (Å²) < 4.78 is 5.44. The van der Waals surface area contributed by atoms with Crippen molar-refractivity contribution in [3.05, 3.63) is 24.3 Å². The fourth-order valence-corrected chi connectivity index (χ4v) is 2.06. The van der Waals surface area contributed by atoms with E-state index in [1.165, 1.54) is 0 Å². The van der Waals surface area contributed by atoms with Crippen LogP contribution in [0.2, 0.25) is 0 Å². The van der Waals surface area contributed by atoms with Gasteiger partial charge in [-0.25, -0.2) is 4.79 Å². The Hall–Kier alpha value is -1.29. The summed E-state index contributed by atoms with van der Waals surface area (Å²) in [5.74, 6) is 0. The largest absolute Gasteiger partial charge is 0.442 e. The molecule has 1 unspecified atom stereocenters. The van der Waals surface area contributed by atoms with E-state index in [1.54, 1.807) is 11.0 Å². The maximum absolute atomic E-state index is 11.8. The summed E-state index contributed by atoms with van der Waals surface area (Å²) in [6.45, 7) is 7.25. The van der Waals surface area contributed by atoms with Crippen LogP contribution in [0.1, 0.15) is 32.6 Å². The van der Waals surface area contributed by atoms with Crippen LogP contribution in [0.25, 0.3) is 0 Å². The molecule has 0 radical (unpaired) electrons. The number of carbonyl (C=O) groups excluding carboxylic acids is 1. The number of likely N-dealkylation sites (tertiary alicyclic amines) is 1. The summed E-state index contributed by atoms with van der Waals surface area (Å²) in [4.78, 5) is 13.6. The highest BCUT2D eigenvalue weighted by Gasteiger charge is 2.22. The van der Waals surface area contributed by atoms with Gasteiger partial charge in [0, 0.05) is 19.7 Å². The Labute approximate surface area is 109 Å². The van der Waals surface area contributed by atoms with Crippen LogP contribution in [0, 0.1) is 0 Å². The molecule has 0 aromatic heterocycles. The number of amides is 1. The number of aliphatic hydroxyl groups excluding tert-OH is 1. The maximum Gasteiger partial charge on any atom is 0.410 e. The van der Waals surface area contributed by atoms with Gasteiger partial charge in [0.05, 0.1) is 0 Å². The number of rotatable bonds is 6. The number of hydrogen-bond acceptors (Lipinski definition) is 3. The second kappa shape index (κ2) is 7.93. The van der Waals surface area contributed by atoms with E-state index in [0.717, 1.165) is 37.9 Å². The minimum absolute atomic E-state index is 0.140. The van der Waals surface area contributed by atoms with E-state index in [0.29, 0.717) is 6.42 Å². The first-order valence-corrected chi connectivity index (χ1v) is 6.57. The molecule has 1 amide bonds. The summed E-state index contributed by atoms with van der Waals surface area (Å²) in [6, 6.07) is 0.